The summed E-state index contributed by atoms with van der Waals surface area (Å²) in [7, 11) is -5.77. The second-order valence-corrected chi connectivity index (χ2v) is 11.5. The minimum atomic E-state index is -3.80. The lowest BCUT2D eigenvalue weighted by molar-refractivity contribution is 0.260. The second-order valence-electron chi connectivity index (χ2n) is 7.55. The topological polar surface area (TPSA) is 96.0 Å². The summed E-state index contributed by atoms with van der Waals surface area (Å²) >= 11 is 0. The first kappa shape index (κ1) is 22.5. The van der Waals surface area contributed by atoms with Gasteiger partial charge in [0.25, 0.3) is 0 Å². The van der Waals surface area contributed by atoms with Gasteiger partial charge in [-0.3, -0.25) is 0 Å². The van der Waals surface area contributed by atoms with Crippen molar-refractivity contribution in [2.24, 2.45) is 0 Å². The average molecular weight is 446 g/mol. The number of hydrogen-bond donors (Lipinski definition) is 1. The largest absolute Gasteiger partial charge is 0.497 e. The highest BCUT2D eigenvalue weighted by atomic mass is 32.2. The first-order valence-electron chi connectivity index (χ1n) is 10.2. The number of piperazine rings is 1. The predicted octanol–water partition coefficient (Wildman–Crippen LogP) is 1.25. The first-order chi connectivity index (χ1) is 13.8. The molecule has 2 aliphatic rings. The van der Waals surface area contributed by atoms with Crippen LogP contribution in [0, 0.1) is 0 Å². The number of rotatable bonds is 8. The van der Waals surface area contributed by atoms with Gasteiger partial charge in [-0.2, -0.15) is 8.61 Å². The number of nitrogens with one attached hydrogen (secondary N) is 1. The van der Waals surface area contributed by atoms with Crippen LogP contribution < -0.4 is 10.1 Å². The van der Waals surface area contributed by atoms with Crippen molar-refractivity contribution in [2.75, 3.05) is 45.6 Å². The molecule has 0 spiro atoms. The maximum absolute atomic E-state index is 13.4. The molecule has 1 aromatic rings. The normalized spacial score (nSPS) is 20.1. The molecule has 1 aromatic carbocycles. The summed E-state index contributed by atoms with van der Waals surface area (Å²) in [4.78, 5) is 0.170. The number of benzene rings is 1. The van der Waals surface area contributed by atoms with E-state index in [1.807, 2.05) is 0 Å². The van der Waals surface area contributed by atoms with Gasteiger partial charge in [-0.25, -0.2) is 16.8 Å². The Balaban J connectivity index is 1.81. The minimum absolute atomic E-state index is 0.0225. The van der Waals surface area contributed by atoms with Crippen LogP contribution in [0.4, 0.5) is 0 Å². The van der Waals surface area contributed by atoms with Crippen molar-refractivity contribution in [3.63, 3.8) is 0 Å². The van der Waals surface area contributed by atoms with Crippen LogP contribution in [0.1, 0.15) is 32.1 Å². The summed E-state index contributed by atoms with van der Waals surface area (Å²) in [5, 5.41) is 3.14. The van der Waals surface area contributed by atoms with Crippen molar-refractivity contribution < 1.29 is 21.6 Å². The molecule has 1 heterocycles. The highest BCUT2D eigenvalue weighted by Gasteiger charge is 2.34. The van der Waals surface area contributed by atoms with E-state index in [9.17, 15) is 16.8 Å². The lowest BCUT2D eigenvalue weighted by atomic mass is 9.95. The van der Waals surface area contributed by atoms with Crippen molar-refractivity contribution >= 4 is 20.0 Å². The Hall–Kier alpha value is -1.20. The summed E-state index contributed by atoms with van der Waals surface area (Å²) in [6.45, 7) is 2.07. The van der Waals surface area contributed by atoms with Crippen LogP contribution in [-0.4, -0.2) is 77.1 Å². The van der Waals surface area contributed by atoms with Crippen molar-refractivity contribution in [1.29, 1.82) is 0 Å². The van der Waals surface area contributed by atoms with Gasteiger partial charge in [-0.15, -0.1) is 0 Å². The first-order valence-corrected chi connectivity index (χ1v) is 13.2. The third-order valence-corrected chi connectivity index (χ3v) is 9.50. The van der Waals surface area contributed by atoms with E-state index in [1.54, 1.807) is 12.1 Å². The van der Waals surface area contributed by atoms with Gasteiger partial charge in [-0.05, 0) is 37.1 Å². The van der Waals surface area contributed by atoms with Crippen molar-refractivity contribution in [2.45, 2.75) is 43.0 Å². The summed E-state index contributed by atoms with van der Waals surface area (Å²) in [5.41, 5.74) is 0. The Kier molecular flexibility index (Phi) is 7.55. The fourth-order valence-electron chi connectivity index (χ4n) is 4.01. The Morgan fingerprint density at radius 3 is 2.24 bits per heavy atom. The van der Waals surface area contributed by atoms with E-state index in [4.69, 9.17) is 4.74 Å². The highest BCUT2D eigenvalue weighted by Crippen LogP contribution is 2.28. The van der Waals surface area contributed by atoms with Gasteiger partial charge in [0.1, 0.15) is 5.75 Å². The van der Waals surface area contributed by atoms with Crippen molar-refractivity contribution in [1.82, 2.24) is 13.9 Å². The number of nitrogens with zero attached hydrogens (tertiary/aromatic N) is 2. The summed E-state index contributed by atoms with van der Waals surface area (Å²) in [5.74, 6) is 0.383. The van der Waals surface area contributed by atoms with E-state index in [0.717, 1.165) is 32.1 Å². The Labute approximate surface area is 174 Å². The van der Waals surface area contributed by atoms with E-state index in [0.29, 0.717) is 31.9 Å². The summed E-state index contributed by atoms with van der Waals surface area (Å²) in [6.07, 6.45) is 4.55. The summed E-state index contributed by atoms with van der Waals surface area (Å²) in [6, 6.07) is 6.12. The number of hydrogen-bond acceptors (Lipinski definition) is 6. The van der Waals surface area contributed by atoms with E-state index < -0.39 is 20.0 Å². The van der Waals surface area contributed by atoms with E-state index in [1.165, 1.54) is 27.9 Å². The molecule has 1 N–H and O–H groups in total. The monoisotopic (exact) mass is 445 g/mol. The van der Waals surface area contributed by atoms with Gasteiger partial charge >= 0.3 is 0 Å². The predicted molar refractivity (Wildman–Crippen MR) is 112 cm³/mol. The number of methoxy groups -OCH3 is 1. The molecule has 0 bridgehead atoms. The third kappa shape index (κ3) is 5.49. The zero-order valence-electron chi connectivity index (χ0n) is 16.9. The van der Waals surface area contributed by atoms with E-state index in [2.05, 4.69) is 5.32 Å². The number of ether oxygens (including phenoxy) is 1. The molecule has 0 atom stereocenters. The zero-order valence-corrected chi connectivity index (χ0v) is 18.6. The van der Waals surface area contributed by atoms with Crippen molar-refractivity contribution in [3.8, 4) is 5.75 Å². The molecule has 1 aliphatic heterocycles. The molecule has 0 amide bonds. The Bertz CT molecular complexity index is 860. The Morgan fingerprint density at radius 2 is 1.66 bits per heavy atom. The van der Waals surface area contributed by atoms with Crippen LogP contribution in [0.25, 0.3) is 0 Å². The van der Waals surface area contributed by atoms with Crippen LogP contribution in [-0.2, 0) is 20.0 Å². The quantitative estimate of drug-likeness (QED) is 0.647. The molecule has 164 valence electrons. The lowest BCUT2D eigenvalue weighted by Crippen LogP contribution is -2.49. The number of sulfonamides is 2. The molecule has 10 heteroatoms. The van der Waals surface area contributed by atoms with Gasteiger partial charge in [-0.1, -0.05) is 19.3 Å². The maximum Gasteiger partial charge on any atom is 0.243 e. The third-order valence-electron chi connectivity index (χ3n) is 5.69. The van der Waals surface area contributed by atoms with E-state index in [-0.39, 0.29) is 23.2 Å². The SMILES string of the molecule is COc1ccc(S(=O)(=O)N(CCS(=O)(=O)N2CCNCC2)C2CCCCC2)cc1. The lowest BCUT2D eigenvalue weighted by Gasteiger charge is -2.34. The van der Waals surface area contributed by atoms with Crippen LogP contribution >= 0.6 is 0 Å². The molecule has 0 aromatic heterocycles. The van der Waals surface area contributed by atoms with Gasteiger partial charge in [0.2, 0.25) is 20.0 Å². The standard InChI is InChI=1S/C19H31N3O5S2/c1-27-18-7-9-19(10-8-18)29(25,26)22(17-5-3-2-4-6-17)15-16-28(23,24)21-13-11-20-12-14-21/h7-10,17,20H,2-6,11-16H2,1H3. The molecule has 29 heavy (non-hydrogen) atoms. The zero-order chi connectivity index (χ0) is 20.9. The summed E-state index contributed by atoms with van der Waals surface area (Å²) < 4.78 is 60.3. The fraction of sp³-hybridized carbons (Fsp3) is 0.684. The molecule has 2 fully saturated rings. The van der Waals surface area contributed by atoms with Crippen molar-refractivity contribution in [3.05, 3.63) is 24.3 Å². The molecular weight excluding hydrogens is 414 g/mol. The van der Waals surface area contributed by atoms with Crippen LogP contribution in [0.5, 0.6) is 5.75 Å². The molecule has 1 aliphatic carbocycles. The van der Waals surface area contributed by atoms with Gasteiger partial charge in [0.05, 0.1) is 17.8 Å². The van der Waals surface area contributed by atoms with E-state index >= 15 is 0 Å². The van der Waals surface area contributed by atoms with Crippen LogP contribution in [0.3, 0.4) is 0 Å². The van der Waals surface area contributed by atoms with Gasteiger partial charge in [0.15, 0.2) is 0 Å². The minimum Gasteiger partial charge on any atom is -0.497 e. The molecule has 0 unspecified atom stereocenters. The molecule has 1 saturated heterocycles. The molecular formula is C19H31N3O5S2. The fourth-order valence-corrected chi connectivity index (χ4v) is 7.23. The molecule has 1 saturated carbocycles. The molecule has 0 radical (unpaired) electrons. The smallest absolute Gasteiger partial charge is 0.243 e. The van der Waals surface area contributed by atoms with Gasteiger partial charge < -0.3 is 10.1 Å². The maximum atomic E-state index is 13.4. The molecule has 3 rings (SSSR count). The second kappa shape index (κ2) is 9.74. The molecule has 8 nitrogen and oxygen atoms in total. The Morgan fingerprint density at radius 1 is 1.03 bits per heavy atom. The van der Waals surface area contributed by atoms with Crippen LogP contribution in [0.2, 0.25) is 0 Å². The van der Waals surface area contributed by atoms with Crippen LogP contribution in [0.15, 0.2) is 29.2 Å². The average Bonchev–Trinajstić information content (AvgIpc) is 2.75. The van der Waals surface area contributed by atoms with Gasteiger partial charge in [0, 0.05) is 38.8 Å². The highest BCUT2D eigenvalue weighted by molar-refractivity contribution is 7.90.